The van der Waals surface area contributed by atoms with Crippen LogP contribution >= 0.6 is 0 Å². The third-order valence-corrected chi connectivity index (χ3v) is 1.77. The third kappa shape index (κ3) is 3.28. The molecule has 0 unspecified atom stereocenters. The summed E-state index contributed by atoms with van der Waals surface area (Å²) in [4.78, 5) is 13.6. The van der Waals surface area contributed by atoms with Gasteiger partial charge in [-0.25, -0.2) is 13.8 Å². The Kier molecular flexibility index (Phi) is 4.04. The number of halogens is 5. The highest BCUT2D eigenvalue weighted by molar-refractivity contribution is 5.78. The highest BCUT2D eigenvalue weighted by Gasteiger charge is 2.34. The summed E-state index contributed by atoms with van der Waals surface area (Å²) in [5.41, 5.74) is -1.68. The number of hydrogen-bond acceptors (Lipinski definition) is 4. The predicted molar refractivity (Wildman–Crippen MR) is 47.8 cm³/mol. The normalized spacial score (nSPS) is 11.5. The molecule has 0 N–H and O–H groups in total. The van der Waals surface area contributed by atoms with E-state index in [4.69, 9.17) is 0 Å². The van der Waals surface area contributed by atoms with E-state index in [9.17, 15) is 26.7 Å². The number of carbonyl (C=O) groups excluding carboxylic acids is 1. The molecule has 0 atom stereocenters. The van der Waals surface area contributed by atoms with E-state index < -0.39 is 35.7 Å². The Balaban J connectivity index is 3.30. The van der Waals surface area contributed by atoms with Crippen LogP contribution in [0.2, 0.25) is 0 Å². The van der Waals surface area contributed by atoms with Crippen LogP contribution < -0.4 is 9.47 Å². The van der Waals surface area contributed by atoms with Gasteiger partial charge in [0.15, 0.2) is 12.0 Å². The summed E-state index contributed by atoms with van der Waals surface area (Å²) in [6, 6.07) is 0.494. The summed E-state index contributed by atoms with van der Waals surface area (Å²) in [6.07, 6.45) is -8.22. The first-order chi connectivity index (χ1) is 8.28. The van der Waals surface area contributed by atoms with Crippen LogP contribution in [0.4, 0.5) is 22.0 Å². The van der Waals surface area contributed by atoms with Crippen molar-refractivity contribution in [2.75, 3.05) is 7.11 Å². The molecule has 0 aliphatic heterocycles. The monoisotopic (exact) mass is 271 g/mol. The zero-order valence-electron chi connectivity index (χ0n) is 8.79. The number of carbonyl (C=O) groups is 1. The van der Waals surface area contributed by atoms with Gasteiger partial charge in [0.25, 0.3) is 12.3 Å². The number of aromatic nitrogens is 1. The minimum atomic E-state index is -5.05. The van der Waals surface area contributed by atoms with E-state index in [0.29, 0.717) is 6.07 Å². The van der Waals surface area contributed by atoms with E-state index in [1.54, 1.807) is 0 Å². The molecular weight excluding hydrogens is 265 g/mol. The zero-order chi connectivity index (χ0) is 13.9. The minimum absolute atomic E-state index is 0.0445. The fourth-order valence-electron chi connectivity index (χ4n) is 1.12. The Morgan fingerprint density at radius 2 is 2.00 bits per heavy atom. The van der Waals surface area contributed by atoms with Gasteiger partial charge >= 0.3 is 6.36 Å². The van der Waals surface area contributed by atoms with E-state index in [1.807, 2.05) is 0 Å². The second-order valence-corrected chi connectivity index (χ2v) is 2.94. The number of nitrogens with zero attached hydrogens (tertiary/aromatic N) is 1. The van der Waals surface area contributed by atoms with E-state index in [2.05, 4.69) is 14.5 Å². The van der Waals surface area contributed by atoms with Gasteiger partial charge < -0.3 is 9.47 Å². The number of alkyl halides is 5. The molecule has 1 heterocycles. The fraction of sp³-hybridized carbons (Fsp3) is 0.333. The fourth-order valence-corrected chi connectivity index (χ4v) is 1.12. The SMILES string of the molecule is COc1nc(C(F)F)c(C=O)cc1OC(F)(F)F. The first kappa shape index (κ1) is 14.1. The lowest BCUT2D eigenvalue weighted by Gasteiger charge is -2.13. The highest BCUT2D eigenvalue weighted by Crippen LogP contribution is 2.34. The molecular formula is C9H6F5NO3. The summed E-state index contributed by atoms with van der Waals surface area (Å²) >= 11 is 0. The van der Waals surface area contributed by atoms with Crippen molar-refractivity contribution in [3.05, 3.63) is 17.3 Å². The maximum absolute atomic E-state index is 12.5. The molecule has 0 radical (unpaired) electrons. The van der Waals surface area contributed by atoms with Crippen LogP contribution in [-0.2, 0) is 0 Å². The van der Waals surface area contributed by atoms with Crippen LogP contribution in [-0.4, -0.2) is 24.7 Å². The molecule has 0 amide bonds. The second kappa shape index (κ2) is 5.15. The van der Waals surface area contributed by atoms with Crippen molar-refractivity contribution in [2.24, 2.45) is 0 Å². The smallest absolute Gasteiger partial charge is 0.478 e. The molecule has 1 aromatic heterocycles. The molecule has 0 saturated carbocycles. The summed E-state index contributed by atoms with van der Waals surface area (Å²) in [5, 5.41) is 0. The van der Waals surface area contributed by atoms with Gasteiger partial charge in [0.2, 0.25) is 0 Å². The highest BCUT2D eigenvalue weighted by atomic mass is 19.4. The summed E-state index contributed by atoms with van der Waals surface area (Å²) < 4.78 is 68.9. The van der Waals surface area contributed by atoms with Crippen LogP contribution in [0.1, 0.15) is 22.5 Å². The molecule has 9 heteroatoms. The quantitative estimate of drug-likeness (QED) is 0.624. The Morgan fingerprint density at radius 3 is 2.39 bits per heavy atom. The average Bonchev–Trinajstić information content (AvgIpc) is 2.25. The lowest BCUT2D eigenvalue weighted by molar-refractivity contribution is -0.275. The zero-order valence-corrected chi connectivity index (χ0v) is 8.79. The van der Waals surface area contributed by atoms with Crippen LogP contribution in [0.15, 0.2) is 6.07 Å². The predicted octanol–water partition coefficient (Wildman–Crippen LogP) is 2.74. The van der Waals surface area contributed by atoms with E-state index in [-0.39, 0.29) is 6.29 Å². The van der Waals surface area contributed by atoms with Crippen molar-refractivity contribution >= 4 is 6.29 Å². The largest absolute Gasteiger partial charge is 0.573 e. The van der Waals surface area contributed by atoms with Gasteiger partial charge in [0, 0.05) is 5.56 Å². The Morgan fingerprint density at radius 1 is 1.39 bits per heavy atom. The maximum atomic E-state index is 12.5. The summed E-state index contributed by atoms with van der Waals surface area (Å²) in [5.74, 6) is -1.75. The molecule has 18 heavy (non-hydrogen) atoms. The molecule has 0 spiro atoms. The summed E-state index contributed by atoms with van der Waals surface area (Å²) in [7, 11) is 0.932. The van der Waals surface area contributed by atoms with Crippen LogP contribution in [0.3, 0.4) is 0 Å². The van der Waals surface area contributed by atoms with E-state index in [0.717, 1.165) is 7.11 Å². The van der Waals surface area contributed by atoms with Crippen LogP contribution in [0.25, 0.3) is 0 Å². The first-order valence-electron chi connectivity index (χ1n) is 4.36. The molecule has 0 bridgehead atoms. The van der Waals surface area contributed by atoms with Gasteiger partial charge in [-0.05, 0) is 6.07 Å². The minimum Gasteiger partial charge on any atom is -0.478 e. The molecule has 0 fully saturated rings. The molecule has 0 aromatic carbocycles. The van der Waals surface area contributed by atoms with Crippen molar-refractivity contribution in [3.63, 3.8) is 0 Å². The topological polar surface area (TPSA) is 48.4 Å². The molecule has 0 saturated heterocycles. The van der Waals surface area contributed by atoms with Gasteiger partial charge in [-0.3, -0.25) is 4.79 Å². The molecule has 0 aliphatic carbocycles. The van der Waals surface area contributed by atoms with Crippen LogP contribution in [0.5, 0.6) is 11.6 Å². The number of pyridine rings is 1. The number of methoxy groups -OCH3 is 1. The lowest BCUT2D eigenvalue weighted by atomic mass is 10.2. The Hall–Kier alpha value is -1.93. The van der Waals surface area contributed by atoms with Crippen molar-refractivity contribution in [1.82, 2.24) is 4.98 Å². The maximum Gasteiger partial charge on any atom is 0.573 e. The van der Waals surface area contributed by atoms with Crippen molar-refractivity contribution in [3.8, 4) is 11.6 Å². The molecule has 100 valence electrons. The van der Waals surface area contributed by atoms with Gasteiger partial charge in [0.05, 0.1) is 7.11 Å². The standard InChI is InChI=1S/C9H6F5NO3/c1-17-8-5(18-9(12,13)14)2-4(3-16)6(15-8)7(10)11/h2-3,7H,1H3. The number of aldehydes is 1. The molecule has 4 nitrogen and oxygen atoms in total. The Labute approximate surface area is 97.3 Å². The third-order valence-electron chi connectivity index (χ3n) is 1.77. The van der Waals surface area contributed by atoms with Gasteiger partial charge in [-0.2, -0.15) is 0 Å². The summed E-state index contributed by atoms with van der Waals surface area (Å²) in [6.45, 7) is 0. The second-order valence-electron chi connectivity index (χ2n) is 2.94. The lowest BCUT2D eigenvalue weighted by Crippen LogP contribution is -2.18. The molecule has 1 aromatic rings. The van der Waals surface area contributed by atoms with Gasteiger partial charge in [-0.1, -0.05) is 0 Å². The van der Waals surface area contributed by atoms with Crippen molar-refractivity contribution < 1.29 is 36.2 Å². The average molecular weight is 271 g/mol. The van der Waals surface area contributed by atoms with E-state index >= 15 is 0 Å². The van der Waals surface area contributed by atoms with Crippen molar-refractivity contribution in [2.45, 2.75) is 12.8 Å². The first-order valence-corrected chi connectivity index (χ1v) is 4.36. The van der Waals surface area contributed by atoms with E-state index in [1.165, 1.54) is 0 Å². The number of hydrogen-bond donors (Lipinski definition) is 0. The molecule has 0 aliphatic rings. The Bertz CT molecular complexity index is 447. The van der Waals surface area contributed by atoms with Gasteiger partial charge in [-0.15, -0.1) is 13.2 Å². The number of rotatable bonds is 4. The van der Waals surface area contributed by atoms with Crippen LogP contribution in [0, 0.1) is 0 Å². The van der Waals surface area contributed by atoms with Gasteiger partial charge in [0.1, 0.15) is 5.69 Å². The van der Waals surface area contributed by atoms with Crippen molar-refractivity contribution in [1.29, 1.82) is 0 Å². The molecule has 1 rings (SSSR count). The number of ether oxygens (including phenoxy) is 2.